The molecule has 4 rings (SSSR count). The zero-order valence-electron chi connectivity index (χ0n) is 15.1. The van der Waals surface area contributed by atoms with Crippen molar-refractivity contribution in [2.75, 3.05) is 4.90 Å². The van der Waals surface area contributed by atoms with Gasteiger partial charge in [-0.3, -0.25) is 19.8 Å². The number of anilines is 1. The van der Waals surface area contributed by atoms with Crippen LogP contribution in [0.1, 0.15) is 42.9 Å². The fourth-order valence-corrected chi connectivity index (χ4v) is 4.08. The lowest BCUT2D eigenvalue weighted by molar-refractivity contribution is -0.122. The molecular formula is C21H21N3O2S. The summed E-state index contributed by atoms with van der Waals surface area (Å²) in [4.78, 5) is 26.9. The van der Waals surface area contributed by atoms with Crippen molar-refractivity contribution in [3.8, 4) is 0 Å². The number of aromatic nitrogens is 1. The molecule has 6 heteroatoms. The van der Waals surface area contributed by atoms with Gasteiger partial charge in [0.05, 0.1) is 5.69 Å². The first-order valence-electron chi connectivity index (χ1n) is 9.19. The minimum atomic E-state index is -0.455. The van der Waals surface area contributed by atoms with Crippen molar-refractivity contribution in [1.82, 2.24) is 9.88 Å². The van der Waals surface area contributed by atoms with Crippen molar-refractivity contribution >= 4 is 40.9 Å². The third kappa shape index (κ3) is 3.32. The van der Waals surface area contributed by atoms with Crippen molar-refractivity contribution < 1.29 is 9.59 Å². The second-order valence-electron chi connectivity index (χ2n) is 7.07. The van der Waals surface area contributed by atoms with E-state index in [1.165, 1.54) is 30.6 Å². The van der Waals surface area contributed by atoms with Crippen molar-refractivity contribution in [2.24, 2.45) is 0 Å². The van der Waals surface area contributed by atoms with E-state index in [2.05, 4.69) is 9.88 Å². The second-order valence-corrected chi connectivity index (χ2v) is 7.46. The molecule has 0 atom stereocenters. The molecule has 5 nitrogen and oxygen atoms in total. The topological polar surface area (TPSA) is 54.3 Å². The molecule has 1 N–H and O–H groups in total. The highest BCUT2D eigenvalue weighted by atomic mass is 32.1. The van der Waals surface area contributed by atoms with Crippen LogP contribution >= 0.6 is 12.2 Å². The summed E-state index contributed by atoms with van der Waals surface area (Å²) in [5, 5.41) is 2.75. The molecule has 0 spiro atoms. The van der Waals surface area contributed by atoms with Gasteiger partial charge in [-0.15, -0.1) is 0 Å². The highest BCUT2D eigenvalue weighted by molar-refractivity contribution is 7.80. The van der Waals surface area contributed by atoms with Gasteiger partial charge in [-0.1, -0.05) is 31.0 Å². The molecule has 1 aliphatic carbocycles. The largest absolute Gasteiger partial charge is 0.351 e. The van der Waals surface area contributed by atoms with E-state index in [1.54, 1.807) is 6.08 Å². The molecule has 1 saturated heterocycles. The van der Waals surface area contributed by atoms with Crippen LogP contribution in [0.25, 0.3) is 6.08 Å². The molecule has 0 unspecified atom stereocenters. The molecule has 138 valence electrons. The first kappa shape index (κ1) is 17.7. The number of carbonyl (C=O) groups excluding carboxylic acids is 2. The number of para-hydroxylation sites is 1. The molecule has 2 amide bonds. The van der Waals surface area contributed by atoms with Crippen LogP contribution in [0.5, 0.6) is 0 Å². The van der Waals surface area contributed by atoms with Crippen molar-refractivity contribution in [3.05, 3.63) is 59.4 Å². The van der Waals surface area contributed by atoms with Gasteiger partial charge in [0.15, 0.2) is 5.11 Å². The normalized spacial score (nSPS) is 19.8. The number of hydrogen-bond acceptors (Lipinski definition) is 3. The summed E-state index contributed by atoms with van der Waals surface area (Å²) in [5.74, 6) is -0.852. The Hall–Kier alpha value is -2.73. The van der Waals surface area contributed by atoms with E-state index in [0.29, 0.717) is 11.7 Å². The quantitative estimate of drug-likeness (QED) is 0.502. The molecule has 1 aromatic carbocycles. The van der Waals surface area contributed by atoms with E-state index in [-0.39, 0.29) is 10.7 Å². The molecule has 2 fully saturated rings. The van der Waals surface area contributed by atoms with E-state index in [4.69, 9.17) is 12.2 Å². The van der Waals surface area contributed by atoms with E-state index in [1.807, 2.05) is 49.6 Å². The first-order chi connectivity index (χ1) is 13.0. The Morgan fingerprint density at radius 2 is 1.89 bits per heavy atom. The lowest BCUT2D eigenvalue weighted by Gasteiger charge is -2.29. The third-order valence-corrected chi connectivity index (χ3v) is 5.54. The minimum absolute atomic E-state index is 0.0935. The maximum atomic E-state index is 13.1. The highest BCUT2D eigenvalue weighted by Gasteiger charge is 2.35. The first-order valence-corrected chi connectivity index (χ1v) is 9.60. The molecule has 2 aliphatic rings. The van der Waals surface area contributed by atoms with Gasteiger partial charge in [-0.2, -0.15) is 0 Å². The number of nitrogens with one attached hydrogen (secondary N) is 1. The fraction of sp³-hybridized carbons (Fsp3) is 0.286. The van der Waals surface area contributed by atoms with Crippen LogP contribution in [0.4, 0.5) is 5.69 Å². The Bertz CT molecular complexity index is 954. The van der Waals surface area contributed by atoms with Crippen LogP contribution < -0.4 is 10.2 Å². The summed E-state index contributed by atoms with van der Waals surface area (Å²) in [6, 6.07) is 9.94. The van der Waals surface area contributed by atoms with Gasteiger partial charge in [-0.25, -0.2) is 0 Å². The number of aryl methyl sites for hydroxylation is 1. The molecule has 27 heavy (non-hydrogen) atoms. The Labute approximate surface area is 163 Å². The molecule has 0 bridgehead atoms. The molecule has 1 aliphatic heterocycles. The Balaban J connectivity index is 1.66. The average Bonchev–Trinajstić information content (AvgIpc) is 3.31. The van der Waals surface area contributed by atoms with E-state index in [0.717, 1.165) is 11.1 Å². The van der Waals surface area contributed by atoms with Gasteiger partial charge in [0, 0.05) is 18.4 Å². The standard InChI is InChI=1S/C21H21N3O2S/c1-14-6-2-5-9-18(14)24-20(26)17(19(25)22-21(24)27)12-15-10-11-23(13-15)16-7-3-4-8-16/h2,5-6,9-13,16H,3-4,7-8H2,1H3,(H,22,25,27)/b17-12-. The zero-order valence-corrected chi connectivity index (χ0v) is 16.0. The lowest BCUT2D eigenvalue weighted by Crippen LogP contribution is -2.54. The summed E-state index contributed by atoms with van der Waals surface area (Å²) in [7, 11) is 0. The van der Waals surface area contributed by atoms with Crippen LogP contribution in [0.2, 0.25) is 0 Å². The number of carbonyl (C=O) groups is 2. The lowest BCUT2D eigenvalue weighted by atomic mass is 10.1. The van der Waals surface area contributed by atoms with Crippen LogP contribution in [-0.4, -0.2) is 21.5 Å². The summed E-state index contributed by atoms with van der Waals surface area (Å²) in [6.07, 6.45) is 10.5. The predicted molar refractivity (Wildman–Crippen MR) is 109 cm³/mol. The van der Waals surface area contributed by atoms with Gasteiger partial charge in [0.2, 0.25) is 0 Å². The number of rotatable bonds is 3. The number of nitrogens with zero attached hydrogens (tertiary/aromatic N) is 2. The second kappa shape index (κ2) is 7.12. The molecule has 0 radical (unpaired) electrons. The van der Waals surface area contributed by atoms with E-state index < -0.39 is 11.8 Å². The number of thiocarbonyl (C=S) groups is 1. The molecule has 2 heterocycles. The van der Waals surface area contributed by atoms with Gasteiger partial charge in [0.25, 0.3) is 11.8 Å². The van der Waals surface area contributed by atoms with E-state index in [9.17, 15) is 9.59 Å². The molecule has 1 saturated carbocycles. The van der Waals surface area contributed by atoms with Crippen LogP contribution in [0.3, 0.4) is 0 Å². The molecule has 2 aromatic rings. The van der Waals surface area contributed by atoms with Gasteiger partial charge in [0.1, 0.15) is 5.57 Å². The summed E-state index contributed by atoms with van der Waals surface area (Å²) < 4.78 is 2.19. The summed E-state index contributed by atoms with van der Waals surface area (Å²) in [5.41, 5.74) is 2.53. The summed E-state index contributed by atoms with van der Waals surface area (Å²) >= 11 is 5.26. The Morgan fingerprint density at radius 3 is 2.63 bits per heavy atom. The highest BCUT2D eigenvalue weighted by Crippen LogP contribution is 2.30. The Morgan fingerprint density at radius 1 is 1.15 bits per heavy atom. The molecule has 1 aromatic heterocycles. The van der Waals surface area contributed by atoms with Crippen molar-refractivity contribution in [1.29, 1.82) is 0 Å². The van der Waals surface area contributed by atoms with Crippen LogP contribution in [0.15, 0.2) is 48.3 Å². The number of benzene rings is 1. The van der Waals surface area contributed by atoms with Gasteiger partial charge in [-0.05, 0) is 61.3 Å². The Kier molecular flexibility index (Phi) is 4.66. The zero-order chi connectivity index (χ0) is 19.0. The van der Waals surface area contributed by atoms with Crippen molar-refractivity contribution in [2.45, 2.75) is 38.6 Å². The fourth-order valence-electron chi connectivity index (χ4n) is 3.80. The maximum Gasteiger partial charge on any atom is 0.270 e. The average molecular weight is 379 g/mol. The number of hydrogen-bond donors (Lipinski definition) is 1. The third-order valence-electron chi connectivity index (χ3n) is 5.25. The van der Waals surface area contributed by atoms with Crippen LogP contribution in [0, 0.1) is 6.92 Å². The maximum absolute atomic E-state index is 13.1. The predicted octanol–water partition coefficient (Wildman–Crippen LogP) is 3.74. The SMILES string of the molecule is Cc1ccccc1N1C(=O)/C(=C\c2ccn(C3CCCC3)c2)C(=O)NC1=S. The minimum Gasteiger partial charge on any atom is -0.351 e. The van der Waals surface area contributed by atoms with Gasteiger partial charge < -0.3 is 4.57 Å². The van der Waals surface area contributed by atoms with Crippen LogP contribution in [-0.2, 0) is 9.59 Å². The smallest absolute Gasteiger partial charge is 0.270 e. The van der Waals surface area contributed by atoms with Gasteiger partial charge >= 0.3 is 0 Å². The summed E-state index contributed by atoms with van der Waals surface area (Å²) in [6.45, 7) is 1.91. The monoisotopic (exact) mass is 379 g/mol. The molecular weight excluding hydrogens is 358 g/mol. The van der Waals surface area contributed by atoms with E-state index >= 15 is 0 Å². The van der Waals surface area contributed by atoms with Crippen molar-refractivity contribution in [3.63, 3.8) is 0 Å². The number of amides is 2.